The van der Waals surface area contributed by atoms with Gasteiger partial charge in [-0.2, -0.15) is 4.98 Å². The Labute approximate surface area is 115 Å². The molecule has 2 unspecified atom stereocenters. The van der Waals surface area contributed by atoms with Gasteiger partial charge in [-0.3, -0.25) is 0 Å². The Kier molecular flexibility index (Phi) is 4.24. The molecule has 19 heavy (non-hydrogen) atoms. The zero-order valence-electron chi connectivity index (χ0n) is 12.3. The Bertz CT molecular complexity index is 435. The Balaban J connectivity index is 2.26. The van der Waals surface area contributed by atoms with Crippen LogP contribution in [0.2, 0.25) is 0 Å². The van der Waals surface area contributed by atoms with Gasteiger partial charge in [0.2, 0.25) is 11.8 Å². The van der Waals surface area contributed by atoms with Crippen LogP contribution in [0.3, 0.4) is 0 Å². The van der Waals surface area contributed by atoms with Gasteiger partial charge in [-0.25, -0.2) is 4.98 Å². The highest BCUT2D eigenvalue weighted by atomic mass is 16.5. The van der Waals surface area contributed by atoms with Gasteiger partial charge in [0.15, 0.2) is 0 Å². The van der Waals surface area contributed by atoms with Crippen LogP contribution in [0.5, 0.6) is 5.88 Å². The van der Waals surface area contributed by atoms with Gasteiger partial charge in [0.1, 0.15) is 0 Å². The zero-order chi connectivity index (χ0) is 14.0. The molecule has 1 aromatic rings. The van der Waals surface area contributed by atoms with Gasteiger partial charge in [0.25, 0.3) is 0 Å². The molecule has 2 rings (SSSR count). The topological polar surface area (TPSA) is 64.3 Å². The van der Waals surface area contributed by atoms with E-state index in [0.29, 0.717) is 24.4 Å². The van der Waals surface area contributed by atoms with Crippen molar-refractivity contribution in [3.05, 3.63) is 11.8 Å². The molecule has 1 fully saturated rings. The van der Waals surface area contributed by atoms with E-state index in [1.165, 1.54) is 0 Å². The molecule has 2 N–H and O–H groups in total. The second-order valence-corrected chi connectivity index (χ2v) is 5.58. The van der Waals surface area contributed by atoms with Crippen molar-refractivity contribution >= 4 is 5.95 Å². The first-order valence-electron chi connectivity index (χ1n) is 7.00. The molecule has 1 aliphatic heterocycles. The number of hydrogen-bond donors (Lipinski definition) is 1. The van der Waals surface area contributed by atoms with Crippen LogP contribution in [0.25, 0.3) is 0 Å². The molecule has 0 amide bonds. The SMILES string of the molecule is Cc1cc(OC(C)C)nc(N2CCC(C)C2CN)n1. The molecule has 0 spiro atoms. The number of anilines is 1. The molecule has 0 saturated carbocycles. The summed E-state index contributed by atoms with van der Waals surface area (Å²) in [4.78, 5) is 11.3. The third kappa shape index (κ3) is 3.15. The van der Waals surface area contributed by atoms with Gasteiger partial charge in [0.05, 0.1) is 6.10 Å². The van der Waals surface area contributed by atoms with Gasteiger partial charge >= 0.3 is 0 Å². The first-order valence-corrected chi connectivity index (χ1v) is 7.00. The van der Waals surface area contributed by atoms with Gasteiger partial charge < -0.3 is 15.4 Å². The molecular formula is C14H24N4O. The lowest BCUT2D eigenvalue weighted by molar-refractivity contribution is 0.232. The van der Waals surface area contributed by atoms with Crippen LogP contribution < -0.4 is 15.4 Å². The summed E-state index contributed by atoms with van der Waals surface area (Å²) in [7, 11) is 0. The fraction of sp³-hybridized carbons (Fsp3) is 0.714. The number of hydrogen-bond acceptors (Lipinski definition) is 5. The number of nitrogens with two attached hydrogens (primary N) is 1. The molecule has 2 atom stereocenters. The Morgan fingerprint density at radius 1 is 1.47 bits per heavy atom. The van der Waals surface area contributed by atoms with E-state index in [-0.39, 0.29) is 6.10 Å². The lowest BCUT2D eigenvalue weighted by Crippen LogP contribution is -2.39. The molecule has 0 radical (unpaired) electrons. The van der Waals surface area contributed by atoms with Crippen molar-refractivity contribution in [1.29, 1.82) is 0 Å². The average molecular weight is 264 g/mol. The predicted octanol–water partition coefficient (Wildman–Crippen LogP) is 1.75. The molecule has 1 saturated heterocycles. The van der Waals surface area contributed by atoms with Crippen LogP contribution in [0, 0.1) is 12.8 Å². The highest BCUT2D eigenvalue weighted by Gasteiger charge is 2.32. The van der Waals surface area contributed by atoms with Crippen molar-refractivity contribution in [2.75, 3.05) is 18.0 Å². The van der Waals surface area contributed by atoms with Gasteiger partial charge in [0, 0.05) is 30.9 Å². The van der Waals surface area contributed by atoms with E-state index in [1.54, 1.807) is 0 Å². The number of aromatic nitrogens is 2. The maximum Gasteiger partial charge on any atom is 0.229 e. The normalized spacial score (nSPS) is 23.2. The van der Waals surface area contributed by atoms with E-state index in [2.05, 4.69) is 21.8 Å². The van der Waals surface area contributed by atoms with Gasteiger partial charge in [-0.1, -0.05) is 6.92 Å². The lowest BCUT2D eigenvalue weighted by Gasteiger charge is -2.26. The molecule has 1 aromatic heterocycles. The van der Waals surface area contributed by atoms with Crippen molar-refractivity contribution in [2.24, 2.45) is 11.7 Å². The summed E-state index contributed by atoms with van der Waals surface area (Å²) in [6.07, 6.45) is 1.25. The van der Waals surface area contributed by atoms with Crippen LogP contribution in [0.4, 0.5) is 5.95 Å². The monoisotopic (exact) mass is 264 g/mol. The summed E-state index contributed by atoms with van der Waals surface area (Å²) in [5.41, 5.74) is 6.81. The Hall–Kier alpha value is -1.36. The number of rotatable bonds is 4. The van der Waals surface area contributed by atoms with Gasteiger partial charge in [-0.15, -0.1) is 0 Å². The predicted molar refractivity (Wildman–Crippen MR) is 76.5 cm³/mol. The first-order chi connectivity index (χ1) is 9.01. The van der Waals surface area contributed by atoms with Crippen molar-refractivity contribution in [3.63, 3.8) is 0 Å². The van der Waals surface area contributed by atoms with Crippen LogP contribution in [0.15, 0.2) is 6.07 Å². The fourth-order valence-electron chi connectivity index (χ4n) is 2.57. The van der Waals surface area contributed by atoms with E-state index in [0.717, 1.165) is 24.6 Å². The average Bonchev–Trinajstić information content (AvgIpc) is 2.68. The van der Waals surface area contributed by atoms with Crippen molar-refractivity contribution in [2.45, 2.75) is 46.3 Å². The van der Waals surface area contributed by atoms with E-state index in [4.69, 9.17) is 10.5 Å². The zero-order valence-corrected chi connectivity index (χ0v) is 12.3. The molecule has 0 bridgehead atoms. The summed E-state index contributed by atoms with van der Waals surface area (Å²) < 4.78 is 5.68. The summed E-state index contributed by atoms with van der Waals surface area (Å²) in [6.45, 7) is 9.80. The van der Waals surface area contributed by atoms with Crippen molar-refractivity contribution < 1.29 is 4.74 Å². The molecule has 2 heterocycles. The van der Waals surface area contributed by atoms with E-state index in [1.807, 2.05) is 26.8 Å². The van der Waals surface area contributed by atoms with E-state index < -0.39 is 0 Å². The summed E-state index contributed by atoms with van der Waals surface area (Å²) in [5, 5.41) is 0. The second kappa shape index (κ2) is 5.74. The number of aryl methyl sites for hydroxylation is 1. The van der Waals surface area contributed by atoms with Crippen molar-refractivity contribution in [3.8, 4) is 5.88 Å². The van der Waals surface area contributed by atoms with Crippen LogP contribution in [-0.2, 0) is 0 Å². The molecular weight excluding hydrogens is 240 g/mol. The van der Waals surface area contributed by atoms with Gasteiger partial charge in [-0.05, 0) is 33.1 Å². The standard InChI is InChI=1S/C14H24N4O/c1-9(2)19-13-7-11(4)16-14(17-13)18-6-5-10(3)12(18)8-15/h7,9-10,12H,5-6,8,15H2,1-4H3. The first kappa shape index (κ1) is 14.1. The summed E-state index contributed by atoms with van der Waals surface area (Å²) >= 11 is 0. The Morgan fingerprint density at radius 3 is 2.84 bits per heavy atom. The largest absolute Gasteiger partial charge is 0.475 e. The molecule has 1 aliphatic rings. The third-order valence-electron chi connectivity index (χ3n) is 3.56. The van der Waals surface area contributed by atoms with Crippen molar-refractivity contribution in [1.82, 2.24) is 9.97 Å². The minimum atomic E-state index is 0.116. The molecule has 5 nitrogen and oxygen atoms in total. The highest BCUT2D eigenvalue weighted by Crippen LogP contribution is 2.28. The number of ether oxygens (including phenoxy) is 1. The molecule has 0 aromatic carbocycles. The molecule has 5 heteroatoms. The minimum absolute atomic E-state index is 0.116. The summed E-state index contributed by atoms with van der Waals surface area (Å²) in [5.74, 6) is 1.98. The Morgan fingerprint density at radius 2 is 2.21 bits per heavy atom. The maximum absolute atomic E-state index is 5.88. The highest BCUT2D eigenvalue weighted by molar-refractivity contribution is 5.37. The fourth-order valence-corrected chi connectivity index (χ4v) is 2.57. The second-order valence-electron chi connectivity index (χ2n) is 5.58. The van der Waals surface area contributed by atoms with E-state index in [9.17, 15) is 0 Å². The quantitative estimate of drug-likeness (QED) is 0.897. The van der Waals surface area contributed by atoms with Crippen LogP contribution in [-0.4, -0.2) is 35.2 Å². The maximum atomic E-state index is 5.88. The molecule has 106 valence electrons. The summed E-state index contributed by atoms with van der Waals surface area (Å²) in [6, 6.07) is 2.20. The smallest absolute Gasteiger partial charge is 0.229 e. The molecule has 0 aliphatic carbocycles. The minimum Gasteiger partial charge on any atom is -0.475 e. The van der Waals surface area contributed by atoms with E-state index >= 15 is 0 Å². The lowest BCUT2D eigenvalue weighted by atomic mass is 10.0. The van der Waals surface area contributed by atoms with Crippen LogP contribution >= 0.6 is 0 Å². The third-order valence-corrected chi connectivity index (χ3v) is 3.56. The van der Waals surface area contributed by atoms with Crippen LogP contribution in [0.1, 0.15) is 32.9 Å². The number of nitrogens with zero attached hydrogens (tertiary/aromatic N) is 3.